The molecule has 1 fully saturated rings. The minimum atomic E-state index is 0.535. The van der Waals surface area contributed by atoms with Gasteiger partial charge in [-0.2, -0.15) is 11.8 Å². The van der Waals surface area contributed by atoms with E-state index in [1.807, 2.05) is 23.9 Å². The van der Waals surface area contributed by atoms with Gasteiger partial charge in [0.05, 0.1) is 5.52 Å². The first-order valence-corrected chi connectivity index (χ1v) is 8.27. The molecule has 0 spiro atoms. The van der Waals surface area contributed by atoms with E-state index in [0.29, 0.717) is 11.9 Å². The molecule has 1 atom stereocenters. The molecule has 3 rings (SSSR count). The van der Waals surface area contributed by atoms with E-state index in [1.165, 1.54) is 22.5 Å². The molecular weight excluding hydrogens is 276 g/mol. The van der Waals surface area contributed by atoms with Crippen LogP contribution in [0.5, 0.6) is 0 Å². The van der Waals surface area contributed by atoms with Crippen LogP contribution in [0.3, 0.4) is 0 Å². The molecule has 0 radical (unpaired) electrons. The SMILES string of the molecule is CC1CSCCN1c1cc(CCl)c2ccccc2n1. The molecule has 2 heterocycles. The van der Waals surface area contributed by atoms with Gasteiger partial charge in [-0.25, -0.2) is 4.98 Å². The van der Waals surface area contributed by atoms with Crippen molar-refractivity contribution in [2.75, 3.05) is 23.0 Å². The maximum atomic E-state index is 6.10. The fourth-order valence-electron chi connectivity index (χ4n) is 2.56. The molecule has 2 nitrogen and oxygen atoms in total. The van der Waals surface area contributed by atoms with Crippen molar-refractivity contribution < 1.29 is 0 Å². The molecule has 0 N–H and O–H groups in total. The van der Waals surface area contributed by atoms with E-state index in [2.05, 4.69) is 30.0 Å². The first kappa shape index (κ1) is 13.1. The maximum Gasteiger partial charge on any atom is 0.129 e. The second kappa shape index (κ2) is 5.59. The Kier molecular flexibility index (Phi) is 3.85. The molecule has 1 saturated heterocycles. The minimum Gasteiger partial charge on any atom is -0.352 e. The van der Waals surface area contributed by atoms with Gasteiger partial charge in [-0.15, -0.1) is 11.6 Å². The van der Waals surface area contributed by atoms with Crippen LogP contribution >= 0.6 is 23.4 Å². The number of para-hydroxylation sites is 1. The topological polar surface area (TPSA) is 16.1 Å². The number of fused-ring (bicyclic) bond motifs is 1. The lowest BCUT2D eigenvalue weighted by molar-refractivity contribution is 0.691. The molecule has 1 unspecified atom stereocenters. The van der Waals surface area contributed by atoms with Crippen molar-refractivity contribution in [3.05, 3.63) is 35.9 Å². The Morgan fingerprint density at radius 1 is 1.42 bits per heavy atom. The van der Waals surface area contributed by atoms with E-state index in [4.69, 9.17) is 16.6 Å². The summed E-state index contributed by atoms with van der Waals surface area (Å²) in [6.45, 7) is 3.34. The lowest BCUT2D eigenvalue weighted by Crippen LogP contribution is -2.40. The van der Waals surface area contributed by atoms with Crippen molar-refractivity contribution in [2.45, 2.75) is 18.8 Å². The van der Waals surface area contributed by atoms with E-state index in [0.717, 1.165) is 17.9 Å². The number of hydrogen-bond donors (Lipinski definition) is 0. The third kappa shape index (κ3) is 2.54. The van der Waals surface area contributed by atoms with Crippen molar-refractivity contribution in [3.63, 3.8) is 0 Å². The highest BCUT2D eigenvalue weighted by Gasteiger charge is 2.20. The van der Waals surface area contributed by atoms with Crippen LogP contribution in [-0.4, -0.2) is 29.1 Å². The summed E-state index contributed by atoms with van der Waals surface area (Å²) in [4.78, 5) is 7.22. The fourth-order valence-corrected chi connectivity index (χ4v) is 3.79. The number of hydrogen-bond acceptors (Lipinski definition) is 3. The van der Waals surface area contributed by atoms with Gasteiger partial charge in [0.25, 0.3) is 0 Å². The highest BCUT2D eigenvalue weighted by atomic mass is 35.5. The number of alkyl halides is 1. The summed E-state index contributed by atoms with van der Waals surface area (Å²) < 4.78 is 0. The summed E-state index contributed by atoms with van der Waals surface area (Å²) in [6.07, 6.45) is 0. The van der Waals surface area contributed by atoms with Crippen molar-refractivity contribution >= 4 is 40.1 Å². The van der Waals surface area contributed by atoms with Gasteiger partial charge < -0.3 is 4.90 Å². The van der Waals surface area contributed by atoms with Gasteiger partial charge >= 0.3 is 0 Å². The molecule has 19 heavy (non-hydrogen) atoms. The van der Waals surface area contributed by atoms with Crippen LogP contribution in [0.2, 0.25) is 0 Å². The molecular formula is C15H17ClN2S. The van der Waals surface area contributed by atoms with E-state index in [-0.39, 0.29) is 0 Å². The van der Waals surface area contributed by atoms with E-state index in [1.54, 1.807) is 0 Å². The zero-order valence-corrected chi connectivity index (χ0v) is 12.5. The molecule has 0 saturated carbocycles. The monoisotopic (exact) mass is 292 g/mol. The summed E-state index contributed by atoms with van der Waals surface area (Å²) in [6, 6.07) is 10.9. The Hall–Kier alpha value is -0.930. The Labute approximate surface area is 123 Å². The number of benzene rings is 1. The predicted octanol–water partition coefficient (Wildman–Crippen LogP) is 3.92. The van der Waals surface area contributed by atoms with Crippen LogP contribution in [0.25, 0.3) is 10.9 Å². The van der Waals surface area contributed by atoms with Crippen LogP contribution in [0, 0.1) is 0 Å². The molecule has 0 bridgehead atoms. The van der Waals surface area contributed by atoms with Crippen LogP contribution in [0.1, 0.15) is 12.5 Å². The zero-order chi connectivity index (χ0) is 13.2. The minimum absolute atomic E-state index is 0.535. The van der Waals surface area contributed by atoms with E-state index in [9.17, 15) is 0 Å². The van der Waals surface area contributed by atoms with Gasteiger partial charge in [0.2, 0.25) is 0 Å². The summed E-state index contributed by atoms with van der Waals surface area (Å²) in [5, 5.41) is 1.17. The Balaban J connectivity index is 2.08. The number of nitrogens with zero attached hydrogens (tertiary/aromatic N) is 2. The van der Waals surface area contributed by atoms with E-state index >= 15 is 0 Å². The smallest absolute Gasteiger partial charge is 0.129 e. The molecule has 4 heteroatoms. The van der Waals surface area contributed by atoms with Crippen LogP contribution in [0.15, 0.2) is 30.3 Å². The van der Waals surface area contributed by atoms with E-state index < -0.39 is 0 Å². The molecule has 2 aromatic rings. The highest BCUT2D eigenvalue weighted by molar-refractivity contribution is 7.99. The normalized spacial score (nSPS) is 19.9. The summed E-state index contributed by atoms with van der Waals surface area (Å²) in [5.41, 5.74) is 2.22. The first-order valence-electron chi connectivity index (χ1n) is 6.58. The van der Waals surface area contributed by atoms with Gasteiger partial charge in [-0.1, -0.05) is 18.2 Å². The third-order valence-corrected chi connectivity index (χ3v) is 5.07. The number of halogens is 1. The molecule has 1 aromatic heterocycles. The molecule has 0 aliphatic carbocycles. The van der Waals surface area contributed by atoms with Gasteiger partial charge in [-0.3, -0.25) is 0 Å². The van der Waals surface area contributed by atoms with Gasteiger partial charge in [-0.05, 0) is 24.6 Å². The lowest BCUT2D eigenvalue weighted by Gasteiger charge is -2.34. The van der Waals surface area contributed by atoms with Crippen molar-refractivity contribution in [3.8, 4) is 0 Å². The zero-order valence-electron chi connectivity index (χ0n) is 11.0. The molecule has 1 aromatic carbocycles. The first-order chi connectivity index (χ1) is 9.29. The Morgan fingerprint density at radius 2 is 2.26 bits per heavy atom. The van der Waals surface area contributed by atoms with Crippen molar-refractivity contribution in [1.29, 1.82) is 0 Å². The number of anilines is 1. The van der Waals surface area contributed by atoms with Crippen molar-refractivity contribution in [2.24, 2.45) is 0 Å². The van der Waals surface area contributed by atoms with Gasteiger partial charge in [0, 0.05) is 35.4 Å². The second-order valence-electron chi connectivity index (χ2n) is 4.91. The summed E-state index contributed by atoms with van der Waals surface area (Å²) >= 11 is 8.12. The Bertz CT molecular complexity index is 587. The summed E-state index contributed by atoms with van der Waals surface area (Å²) in [5.74, 6) is 3.95. The molecule has 1 aliphatic heterocycles. The number of rotatable bonds is 2. The Morgan fingerprint density at radius 3 is 3.05 bits per heavy atom. The van der Waals surface area contributed by atoms with Crippen molar-refractivity contribution in [1.82, 2.24) is 4.98 Å². The number of thioether (sulfide) groups is 1. The maximum absolute atomic E-state index is 6.10. The number of aromatic nitrogens is 1. The molecule has 1 aliphatic rings. The molecule has 100 valence electrons. The average molecular weight is 293 g/mol. The summed E-state index contributed by atoms with van der Waals surface area (Å²) in [7, 11) is 0. The van der Waals surface area contributed by atoms with Crippen LogP contribution in [-0.2, 0) is 5.88 Å². The fraction of sp³-hybridized carbons (Fsp3) is 0.400. The largest absolute Gasteiger partial charge is 0.352 e. The second-order valence-corrected chi connectivity index (χ2v) is 6.32. The third-order valence-electron chi connectivity index (χ3n) is 3.59. The predicted molar refractivity (Wildman–Crippen MR) is 85.4 cm³/mol. The quantitative estimate of drug-likeness (QED) is 0.781. The lowest BCUT2D eigenvalue weighted by atomic mass is 10.1. The van der Waals surface area contributed by atoms with Gasteiger partial charge in [0.1, 0.15) is 5.82 Å². The standard InChI is InChI=1S/C15H17ClN2S/c1-11-10-19-7-6-18(11)15-8-12(9-16)13-4-2-3-5-14(13)17-15/h2-5,8,11H,6-7,9-10H2,1H3. The van der Waals surface area contributed by atoms with Crippen LogP contribution < -0.4 is 4.90 Å². The average Bonchev–Trinajstić information content (AvgIpc) is 2.46. The van der Waals surface area contributed by atoms with Crippen LogP contribution in [0.4, 0.5) is 5.82 Å². The highest BCUT2D eigenvalue weighted by Crippen LogP contribution is 2.27. The molecule has 0 amide bonds. The number of pyridine rings is 1. The van der Waals surface area contributed by atoms with Gasteiger partial charge in [0.15, 0.2) is 0 Å².